The number of halogens is 1. The summed E-state index contributed by atoms with van der Waals surface area (Å²) in [6.45, 7) is 3.81. The van der Waals surface area contributed by atoms with Crippen molar-refractivity contribution in [3.63, 3.8) is 0 Å². The second kappa shape index (κ2) is 8.73. The molecule has 1 N–H and O–H groups in total. The molecule has 7 nitrogen and oxygen atoms in total. The number of carbonyl (C=O) groups excluding carboxylic acids is 1. The molecule has 0 unspecified atom stereocenters. The summed E-state index contributed by atoms with van der Waals surface area (Å²) < 4.78 is 6.99. The standard InChI is InChI=1S/C21H18ClN5O2S/c1-13-5-3-4-6-17(13)27-20(15-7-9-16(22)10-8-15)24-25-21(27)30-12-18(28)23-19-11-14(2)26-29-19/h3-11H,12H2,1-2H3,(H,23,28). The average molecular weight is 440 g/mol. The molecule has 4 aromatic rings. The molecule has 1 amide bonds. The summed E-state index contributed by atoms with van der Waals surface area (Å²) in [5.41, 5.74) is 3.59. The van der Waals surface area contributed by atoms with Crippen LogP contribution in [-0.2, 0) is 4.79 Å². The lowest BCUT2D eigenvalue weighted by atomic mass is 10.1. The zero-order valence-corrected chi connectivity index (χ0v) is 17.9. The van der Waals surface area contributed by atoms with E-state index in [4.69, 9.17) is 16.1 Å². The van der Waals surface area contributed by atoms with E-state index < -0.39 is 0 Å². The van der Waals surface area contributed by atoms with Gasteiger partial charge in [0, 0.05) is 16.7 Å². The molecule has 30 heavy (non-hydrogen) atoms. The number of benzene rings is 2. The Hall–Kier alpha value is -3.10. The Morgan fingerprint density at radius 1 is 1.13 bits per heavy atom. The minimum Gasteiger partial charge on any atom is -0.338 e. The van der Waals surface area contributed by atoms with Crippen LogP contribution in [0.4, 0.5) is 5.88 Å². The monoisotopic (exact) mass is 439 g/mol. The molecule has 9 heteroatoms. The third-order valence-electron chi connectivity index (χ3n) is 4.32. The van der Waals surface area contributed by atoms with Crippen LogP contribution in [0.2, 0.25) is 5.02 Å². The van der Waals surface area contributed by atoms with Gasteiger partial charge in [-0.3, -0.25) is 14.7 Å². The second-order valence-electron chi connectivity index (χ2n) is 6.60. The molecule has 0 spiro atoms. The third-order valence-corrected chi connectivity index (χ3v) is 5.50. The molecule has 0 aliphatic heterocycles. The van der Waals surface area contributed by atoms with E-state index in [-0.39, 0.29) is 11.7 Å². The minimum absolute atomic E-state index is 0.143. The van der Waals surface area contributed by atoms with Gasteiger partial charge in [0.05, 0.1) is 17.1 Å². The number of thioether (sulfide) groups is 1. The number of amides is 1. The highest BCUT2D eigenvalue weighted by atomic mass is 35.5. The first-order valence-electron chi connectivity index (χ1n) is 9.14. The van der Waals surface area contributed by atoms with Crippen LogP contribution in [0.25, 0.3) is 17.1 Å². The van der Waals surface area contributed by atoms with Gasteiger partial charge in [-0.05, 0) is 49.7 Å². The van der Waals surface area contributed by atoms with E-state index in [1.807, 2.05) is 60.0 Å². The van der Waals surface area contributed by atoms with Crippen LogP contribution in [-0.4, -0.2) is 31.6 Å². The van der Waals surface area contributed by atoms with Gasteiger partial charge in [-0.2, -0.15) is 0 Å². The maximum Gasteiger partial charge on any atom is 0.237 e. The van der Waals surface area contributed by atoms with E-state index >= 15 is 0 Å². The molecule has 152 valence electrons. The fraction of sp³-hybridized carbons (Fsp3) is 0.143. The predicted molar refractivity (Wildman–Crippen MR) is 117 cm³/mol. The van der Waals surface area contributed by atoms with Gasteiger partial charge < -0.3 is 4.52 Å². The molecule has 0 bridgehead atoms. The van der Waals surface area contributed by atoms with Crippen molar-refractivity contribution in [3.8, 4) is 17.1 Å². The first-order valence-corrected chi connectivity index (χ1v) is 10.5. The van der Waals surface area contributed by atoms with E-state index in [9.17, 15) is 4.79 Å². The van der Waals surface area contributed by atoms with E-state index in [0.717, 1.165) is 16.8 Å². The van der Waals surface area contributed by atoms with Crippen molar-refractivity contribution < 1.29 is 9.32 Å². The van der Waals surface area contributed by atoms with Gasteiger partial charge in [-0.25, -0.2) is 0 Å². The molecule has 2 aromatic heterocycles. The van der Waals surface area contributed by atoms with Crippen LogP contribution in [0.3, 0.4) is 0 Å². The van der Waals surface area contributed by atoms with Gasteiger partial charge in [0.25, 0.3) is 0 Å². The third kappa shape index (κ3) is 4.39. The number of hydrogen-bond donors (Lipinski definition) is 1. The van der Waals surface area contributed by atoms with Crippen molar-refractivity contribution in [1.82, 2.24) is 19.9 Å². The first-order chi connectivity index (χ1) is 14.5. The van der Waals surface area contributed by atoms with E-state index in [1.165, 1.54) is 11.8 Å². The smallest absolute Gasteiger partial charge is 0.237 e. The number of aromatic nitrogens is 4. The van der Waals surface area contributed by atoms with Crippen molar-refractivity contribution in [2.45, 2.75) is 19.0 Å². The summed E-state index contributed by atoms with van der Waals surface area (Å²) in [5, 5.41) is 16.4. The Morgan fingerprint density at radius 2 is 1.90 bits per heavy atom. The lowest BCUT2D eigenvalue weighted by Crippen LogP contribution is -2.14. The van der Waals surface area contributed by atoms with E-state index in [1.54, 1.807) is 13.0 Å². The Kier molecular flexibility index (Phi) is 5.87. The molecule has 0 saturated heterocycles. The first kappa shape index (κ1) is 20.2. The van der Waals surface area contributed by atoms with Crippen LogP contribution < -0.4 is 5.32 Å². The van der Waals surface area contributed by atoms with Gasteiger partial charge >= 0.3 is 0 Å². The molecule has 0 atom stereocenters. The summed E-state index contributed by atoms with van der Waals surface area (Å²) in [6.07, 6.45) is 0. The van der Waals surface area contributed by atoms with Crippen LogP contribution >= 0.6 is 23.4 Å². The van der Waals surface area contributed by atoms with Gasteiger partial charge in [-0.1, -0.05) is 46.7 Å². The summed E-state index contributed by atoms with van der Waals surface area (Å²) in [4.78, 5) is 12.3. The zero-order valence-electron chi connectivity index (χ0n) is 16.3. The highest BCUT2D eigenvalue weighted by molar-refractivity contribution is 7.99. The number of nitrogens with zero attached hydrogens (tertiary/aromatic N) is 4. The number of hydrogen-bond acceptors (Lipinski definition) is 6. The van der Waals surface area contributed by atoms with Crippen LogP contribution in [0.1, 0.15) is 11.3 Å². The van der Waals surface area contributed by atoms with Gasteiger partial charge in [0.1, 0.15) is 0 Å². The topological polar surface area (TPSA) is 85.8 Å². The fourth-order valence-electron chi connectivity index (χ4n) is 2.91. The molecular weight excluding hydrogens is 422 g/mol. The molecule has 2 aromatic carbocycles. The normalized spacial score (nSPS) is 10.9. The van der Waals surface area contributed by atoms with Crippen molar-refractivity contribution >= 4 is 35.2 Å². The van der Waals surface area contributed by atoms with Crippen LogP contribution in [0.5, 0.6) is 0 Å². The van der Waals surface area contributed by atoms with Crippen molar-refractivity contribution in [2.24, 2.45) is 0 Å². The number of para-hydroxylation sites is 1. The van der Waals surface area contributed by atoms with E-state index in [0.29, 0.717) is 27.6 Å². The number of anilines is 1. The minimum atomic E-state index is -0.219. The Labute approximate surface area is 182 Å². The molecule has 0 aliphatic rings. The fourth-order valence-corrected chi connectivity index (χ4v) is 3.78. The number of carbonyl (C=O) groups is 1. The number of aryl methyl sites for hydroxylation is 2. The van der Waals surface area contributed by atoms with E-state index in [2.05, 4.69) is 20.7 Å². The lowest BCUT2D eigenvalue weighted by molar-refractivity contribution is -0.113. The zero-order chi connectivity index (χ0) is 21.1. The maximum absolute atomic E-state index is 12.3. The Bertz CT molecular complexity index is 1190. The Balaban J connectivity index is 1.63. The number of nitrogens with one attached hydrogen (secondary N) is 1. The quantitative estimate of drug-likeness (QED) is 0.429. The molecule has 4 rings (SSSR count). The number of rotatable bonds is 6. The summed E-state index contributed by atoms with van der Waals surface area (Å²) in [6, 6.07) is 17.0. The van der Waals surface area contributed by atoms with Crippen LogP contribution in [0.15, 0.2) is 64.3 Å². The molecule has 0 aliphatic carbocycles. The molecule has 0 radical (unpaired) electrons. The predicted octanol–water partition coefficient (Wildman–Crippen LogP) is 4.92. The van der Waals surface area contributed by atoms with Gasteiger partial charge in [-0.15, -0.1) is 10.2 Å². The maximum atomic E-state index is 12.3. The lowest BCUT2D eigenvalue weighted by Gasteiger charge is -2.12. The van der Waals surface area contributed by atoms with Crippen molar-refractivity contribution in [2.75, 3.05) is 11.1 Å². The highest BCUT2D eigenvalue weighted by Gasteiger charge is 2.19. The second-order valence-corrected chi connectivity index (χ2v) is 7.98. The molecule has 0 fully saturated rings. The van der Waals surface area contributed by atoms with Crippen LogP contribution in [0, 0.1) is 13.8 Å². The molecule has 2 heterocycles. The van der Waals surface area contributed by atoms with Gasteiger partial charge in [0.15, 0.2) is 11.0 Å². The molecule has 0 saturated carbocycles. The summed E-state index contributed by atoms with van der Waals surface area (Å²) >= 11 is 7.33. The summed E-state index contributed by atoms with van der Waals surface area (Å²) in [7, 11) is 0. The average Bonchev–Trinajstić information content (AvgIpc) is 3.33. The molecular formula is C21H18ClN5O2S. The van der Waals surface area contributed by atoms with Crippen molar-refractivity contribution in [1.29, 1.82) is 0 Å². The highest BCUT2D eigenvalue weighted by Crippen LogP contribution is 2.30. The largest absolute Gasteiger partial charge is 0.338 e. The Morgan fingerprint density at radius 3 is 2.60 bits per heavy atom. The SMILES string of the molecule is Cc1cc(NC(=O)CSc2nnc(-c3ccc(Cl)cc3)n2-c2ccccc2C)on1. The summed E-state index contributed by atoms with van der Waals surface area (Å²) in [5.74, 6) is 0.920. The van der Waals surface area contributed by atoms with Crippen molar-refractivity contribution in [3.05, 3.63) is 70.9 Å². The van der Waals surface area contributed by atoms with Gasteiger partial charge in [0.2, 0.25) is 11.8 Å².